The summed E-state index contributed by atoms with van der Waals surface area (Å²) in [5.41, 5.74) is 3.78. The number of nitrogens with zero attached hydrogens (tertiary/aromatic N) is 5. The second-order valence-corrected chi connectivity index (χ2v) is 9.79. The number of aromatic nitrogens is 4. The van der Waals surface area contributed by atoms with Gasteiger partial charge in [-0.25, -0.2) is 4.98 Å². The average molecular weight is 552 g/mol. The monoisotopic (exact) mass is 550 g/mol. The molecule has 0 spiro atoms. The molecule has 0 atom stereocenters. The van der Waals surface area contributed by atoms with Gasteiger partial charge in [0.1, 0.15) is 5.82 Å². The number of fused-ring (bicyclic) bond motifs is 1. The number of carbonyl (C=O) groups is 1. The van der Waals surface area contributed by atoms with Crippen molar-refractivity contribution in [3.63, 3.8) is 0 Å². The summed E-state index contributed by atoms with van der Waals surface area (Å²) in [7, 11) is 0. The minimum absolute atomic E-state index is 0.0178. The lowest BCUT2D eigenvalue weighted by molar-refractivity contribution is -0.126. The van der Waals surface area contributed by atoms with Crippen LogP contribution in [0, 0.1) is 0 Å². The molecule has 1 aliphatic heterocycles. The van der Waals surface area contributed by atoms with Crippen LogP contribution in [0.4, 0.5) is 5.82 Å². The Balaban J connectivity index is 1.28. The zero-order valence-electron chi connectivity index (χ0n) is 18.9. The molecular weight excluding hydrogens is 528 g/mol. The van der Waals surface area contributed by atoms with Crippen molar-refractivity contribution in [1.82, 2.24) is 24.5 Å². The van der Waals surface area contributed by atoms with Gasteiger partial charge in [-0.05, 0) is 64.2 Å². The van der Waals surface area contributed by atoms with Crippen LogP contribution in [0.2, 0.25) is 5.02 Å². The van der Waals surface area contributed by atoms with Crippen molar-refractivity contribution in [3.05, 3.63) is 93.4 Å². The fourth-order valence-corrected chi connectivity index (χ4v) is 4.81. The topological polar surface area (TPSA) is 75.4 Å². The smallest absolute Gasteiger partial charge is 0.246 e. The van der Waals surface area contributed by atoms with Crippen molar-refractivity contribution in [1.29, 1.82) is 0 Å². The van der Waals surface area contributed by atoms with Crippen molar-refractivity contribution >= 4 is 51.0 Å². The predicted octanol–water partition coefficient (Wildman–Crippen LogP) is 5.57. The number of anilines is 1. The van der Waals surface area contributed by atoms with Gasteiger partial charge in [-0.15, -0.1) is 0 Å². The molecular formula is C26H24BrClN6O. The largest absolute Gasteiger partial charge is 0.366 e. The van der Waals surface area contributed by atoms with Crippen molar-refractivity contribution in [2.75, 3.05) is 18.4 Å². The molecule has 5 rings (SSSR count). The van der Waals surface area contributed by atoms with Crippen molar-refractivity contribution in [2.24, 2.45) is 0 Å². The van der Waals surface area contributed by atoms with Crippen LogP contribution >= 0.6 is 27.5 Å². The summed E-state index contributed by atoms with van der Waals surface area (Å²) < 4.78 is 2.66. The first-order chi connectivity index (χ1) is 17.1. The number of carbonyl (C=O) groups excluding carboxylic acids is 1. The van der Waals surface area contributed by atoms with E-state index >= 15 is 0 Å². The van der Waals surface area contributed by atoms with E-state index in [2.05, 4.69) is 37.4 Å². The first-order valence-corrected chi connectivity index (χ1v) is 12.6. The molecule has 1 saturated heterocycles. The summed E-state index contributed by atoms with van der Waals surface area (Å²) in [6.45, 7) is 2.01. The summed E-state index contributed by atoms with van der Waals surface area (Å²) in [5.74, 6) is 1.16. The van der Waals surface area contributed by atoms with E-state index in [1.54, 1.807) is 18.5 Å². The Bertz CT molecular complexity index is 1370. The molecule has 9 heteroatoms. The molecule has 1 aliphatic rings. The third kappa shape index (κ3) is 5.55. The van der Waals surface area contributed by atoms with E-state index in [0.717, 1.165) is 45.6 Å². The Labute approximate surface area is 217 Å². The van der Waals surface area contributed by atoms with Crippen molar-refractivity contribution in [3.8, 4) is 0 Å². The Morgan fingerprint density at radius 2 is 2.03 bits per heavy atom. The van der Waals surface area contributed by atoms with Crippen LogP contribution in [0.1, 0.15) is 35.6 Å². The number of benzene rings is 1. The molecule has 0 aliphatic carbocycles. The normalized spacial score (nSPS) is 14.6. The Kier molecular flexibility index (Phi) is 7.11. The lowest BCUT2D eigenvalue weighted by Gasteiger charge is -2.31. The fourth-order valence-electron chi connectivity index (χ4n) is 4.26. The number of pyridine rings is 1. The van der Waals surface area contributed by atoms with E-state index in [0.29, 0.717) is 24.7 Å². The van der Waals surface area contributed by atoms with Gasteiger partial charge in [0.25, 0.3) is 0 Å². The number of piperidine rings is 1. The molecule has 4 heterocycles. The number of hydrogen-bond acceptors (Lipinski definition) is 5. The minimum Gasteiger partial charge on any atom is -0.366 e. The summed E-state index contributed by atoms with van der Waals surface area (Å²) in [4.78, 5) is 23.7. The number of likely N-dealkylation sites (tertiary alicyclic amines) is 1. The van der Waals surface area contributed by atoms with E-state index < -0.39 is 0 Å². The van der Waals surface area contributed by atoms with Crippen LogP contribution < -0.4 is 5.32 Å². The summed E-state index contributed by atoms with van der Waals surface area (Å²) in [5, 5.41) is 8.60. The first-order valence-electron chi connectivity index (χ1n) is 11.5. The summed E-state index contributed by atoms with van der Waals surface area (Å²) in [6, 6.07) is 13.5. The molecule has 178 valence electrons. The Morgan fingerprint density at radius 1 is 1.17 bits per heavy atom. The van der Waals surface area contributed by atoms with Gasteiger partial charge in [0.2, 0.25) is 5.91 Å². The highest BCUT2D eigenvalue weighted by atomic mass is 79.9. The number of amides is 1. The van der Waals surface area contributed by atoms with Crippen LogP contribution in [0.25, 0.3) is 11.7 Å². The molecule has 0 saturated carbocycles. The maximum atomic E-state index is 12.7. The van der Waals surface area contributed by atoms with E-state index in [1.165, 1.54) is 0 Å². The summed E-state index contributed by atoms with van der Waals surface area (Å²) in [6.07, 6.45) is 10.5. The minimum atomic E-state index is 0.0178. The lowest BCUT2D eigenvalue weighted by Crippen LogP contribution is -2.37. The SMILES string of the molecule is O=C(/C=C/c1cccc(Cl)c1)N1CCC(c2cc(NCc3cccnc3)n3ncc(Br)c3n2)CC1. The molecule has 1 amide bonds. The standard InChI is InChI=1S/C26H24BrClN6O/c27-22-17-31-34-24(30-16-19-4-2-10-29-15-19)14-23(32-26(22)34)20-8-11-33(12-9-20)25(35)7-6-18-3-1-5-21(28)13-18/h1-7,10,13-15,17,20,30H,8-9,11-12,16H2/b7-6+. The highest BCUT2D eigenvalue weighted by molar-refractivity contribution is 9.10. The molecule has 7 nitrogen and oxygen atoms in total. The molecule has 1 N–H and O–H groups in total. The van der Waals surface area contributed by atoms with Gasteiger partial charge in [0.05, 0.1) is 10.7 Å². The third-order valence-corrected chi connectivity index (χ3v) is 6.93. The summed E-state index contributed by atoms with van der Waals surface area (Å²) >= 11 is 9.61. The molecule has 3 aromatic heterocycles. The highest BCUT2D eigenvalue weighted by Gasteiger charge is 2.25. The van der Waals surface area contributed by atoms with Crippen LogP contribution in [0.5, 0.6) is 0 Å². The van der Waals surface area contributed by atoms with Gasteiger partial charge in [0.15, 0.2) is 5.65 Å². The second kappa shape index (κ2) is 10.6. The zero-order chi connectivity index (χ0) is 24.2. The van der Waals surface area contributed by atoms with E-state index in [-0.39, 0.29) is 11.8 Å². The molecule has 4 aromatic rings. The number of nitrogens with one attached hydrogen (secondary N) is 1. The molecule has 1 aromatic carbocycles. The molecule has 0 radical (unpaired) electrons. The maximum Gasteiger partial charge on any atom is 0.246 e. The van der Waals surface area contributed by atoms with Crippen LogP contribution in [0.3, 0.4) is 0 Å². The van der Waals surface area contributed by atoms with Gasteiger partial charge in [0, 0.05) is 60.8 Å². The first kappa shape index (κ1) is 23.5. The quantitative estimate of drug-likeness (QED) is 0.317. The third-order valence-electron chi connectivity index (χ3n) is 6.14. The van der Waals surface area contributed by atoms with Gasteiger partial charge in [-0.1, -0.05) is 29.8 Å². The Hall–Kier alpha value is -3.23. The lowest BCUT2D eigenvalue weighted by atomic mass is 9.93. The number of rotatable bonds is 6. The second-order valence-electron chi connectivity index (χ2n) is 8.50. The van der Waals surface area contributed by atoms with E-state index in [9.17, 15) is 4.79 Å². The molecule has 35 heavy (non-hydrogen) atoms. The fraction of sp³-hybridized carbons (Fsp3) is 0.231. The average Bonchev–Trinajstić information content (AvgIpc) is 3.27. The molecule has 0 unspecified atom stereocenters. The van der Waals surface area contributed by atoms with Gasteiger partial charge in [-0.3, -0.25) is 9.78 Å². The van der Waals surface area contributed by atoms with E-state index in [4.69, 9.17) is 16.6 Å². The van der Waals surface area contributed by atoms with Crippen molar-refractivity contribution < 1.29 is 4.79 Å². The number of hydrogen-bond donors (Lipinski definition) is 1. The van der Waals surface area contributed by atoms with Gasteiger partial charge in [-0.2, -0.15) is 9.61 Å². The van der Waals surface area contributed by atoms with Crippen LogP contribution in [-0.2, 0) is 11.3 Å². The Morgan fingerprint density at radius 3 is 2.80 bits per heavy atom. The number of halogens is 2. The predicted molar refractivity (Wildman–Crippen MR) is 141 cm³/mol. The van der Waals surface area contributed by atoms with Gasteiger partial charge >= 0.3 is 0 Å². The maximum absolute atomic E-state index is 12.7. The zero-order valence-corrected chi connectivity index (χ0v) is 21.3. The van der Waals surface area contributed by atoms with Crippen LogP contribution in [-0.4, -0.2) is 43.5 Å². The van der Waals surface area contributed by atoms with Crippen molar-refractivity contribution in [2.45, 2.75) is 25.3 Å². The van der Waals surface area contributed by atoms with Crippen LogP contribution in [0.15, 0.2) is 71.6 Å². The highest BCUT2D eigenvalue weighted by Crippen LogP contribution is 2.31. The van der Waals surface area contributed by atoms with Gasteiger partial charge < -0.3 is 10.2 Å². The molecule has 1 fully saturated rings. The molecule has 0 bridgehead atoms. The van der Waals surface area contributed by atoms with E-state index in [1.807, 2.05) is 58.1 Å².